The third kappa shape index (κ3) is 4.43. The van der Waals surface area contributed by atoms with Crippen molar-refractivity contribution in [3.05, 3.63) is 53.8 Å². The summed E-state index contributed by atoms with van der Waals surface area (Å²) in [5.41, 5.74) is 0.817. The van der Waals surface area contributed by atoms with Gasteiger partial charge in [-0.2, -0.15) is 0 Å². The first-order valence-corrected chi connectivity index (χ1v) is 8.97. The smallest absolute Gasteiger partial charge is 0.248 e. The van der Waals surface area contributed by atoms with Crippen LogP contribution in [-0.2, 0) is 14.8 Å². The van der Waals surface area contributed by atoms with Crippen LogP contribution in [0.3, 0.4) is 0 Å². The molecule has 2 aromatic rings. The lowest BCUT2D eigenvalue weighted by Crippen LogP contribution is -2.45. The summed E-state index contributed by atoms with van der Waals surface area (Å²) in [6.07, 6.45) is 4.10. The number of halogens is 1. The molecule has 8 heteroatoms. The van der Waals surface area contributed by atoms with E-state index in [1.165, 1.54) is 19.2 Å². The van der Waals surface area contributed by atoms with Gasteiger partial charge in [0.2, 0.25) is 15.9 Å². The predicted octanol–water partition coefficient (Wildman–Crippen LogP) is 2.53. The summed E-state index contributed by atoms with van der Waals surface area (Å²) in [7, 11) is -3.67. The van der Waals surface area contributed by atoms with Crippen molar-refractivity contribution in [3.63, 3.8) is 0 Å². The van der Waals surface area contributed by atoms with Gasteiger partial charge in [0.1, 0.15) is 6.04 Å². The highest BCUT2D eigenvalue weighted by atomic mass is 35.5. The minimum absolute atomic E-state index is 0.328. The van der Waals surface area contributed by atoms with Crippen molar-refractivity contribution in [3.8, 4) is 0 Å². The summed E-state index contributed by atoms with van der Waals surface area (Å²) in [5.74, 6) is -0.469. The lowest BCUT2D eigenvalue weighted by molar-refractivity contribution is -0.116. The molecule has 0 bridgehead atoms. The Morgan fingerprint density at radius 3 is 2.61 bits per heavy atom. The fourth-order valence-corrected chi connectivity index (χ4v) is 3.46. The normalized spacial score (nSPS) is 12.5. The quantitative estimate of drug-likeness (QED) is 0.895. The van der Waals surface area contributed by atoms with E-state index in [4.69, 9.17) is 11.6 Å². The van der Waals surface area contributed by atoms with Crippen LogP contribution in [0.2, 0.25) is 5.02 Å². The summed E-state index contributed by atoms with van der Waals surface area (Å²) in [6, 6.07) is 8.72. The Labute approximate surface area is 140 Å². The number of anilines is 2. The molecule has 1 heterocycles. The molecule has 1 aromatic heterocycles. The number of benzene rings is 1. The van der Waals surface area contributed by atoms with Crippen molar-refractivity contribution in [1.82, 2.24) is 4.98 Å². The second-order valence-electron chi connectivity index (χ2n) is 4.95. The summed E-state index contributed by atoms with van der Waals surface area (Å²) in [4.78, 5) is 16.3. The van der Waals surface area contributed by atoms with Crippen LogP contribution in [0.5, 0.6) is 0 Å². The van der Waals surface area contributed by atoms with Crippen LogP contribution in [0.4, 0.5) is 11.4 Å². The highest BCUT2D eigenvalue weighted by molar-refractivity contribution is 7.92. The zero-order chi connectivity index (χ0) is 17.0. The van der Waals surface area contributed by atoms with E-state index in [2.05, 4.69) is 10.3 Å². The molecule has 0 saturated carbocycles. The van der Waals surface area contributed by atoms with Crippen LogP contribution in [-0.4, -0.2) is 31.6 Å². The monoisotopic (exact) mass is 353 g/mol. The molecule has 0 fully saturated rings. The van der Waals surface area contributed by atoms with Crippen molar-refractivity contribution in [1.29, 1.82) is 0 Å². The first-order chi connectivity index (χ1) is 10.8. The highest BCUT2D eigenvalue weighted by Gasteiger charge is 2.29. The van der Waals surface area contributed by atoms with Crippen LogP contribution < -0.4 is 9.62 Å². The average molecular weight is 354 g/mol. The van der Waals surface area contributed by atoms with E-state index in [0.29, 0.717) is 16.4 Å². The lowest BCUT2D eigenvalue weighted by Gasteiger charge is -2.28. The molecule has 0 saturated heterocycles. The molecule has 1 N–H and O–H groups in total. The van der Waals surface area contributed by atoms with E-state index in [-0.39, 0.29) is 0 Å². The minimum atomic E-state index is -3.67. The van der Waals surface area contributed by atoms with Gasteiger partial charge < -0.3 is 5.32 Å². The first kappa shape index (κ1) is 17.2. The van der Waals surface area contributed by atoms with E-state index in [9.17, 15) is 13.2 Å². The van der Waals surface area contributed by atoms with Gasteiger partial charge >= 0.3 is 0 Å². The minimum Gasteiger partial charge on any atom is -0.323 e. The fraction of sp³-hybridized carbons (Fsp3) is 0.200. The molecule has 1 amide bonds. The van der Waals surface area contributed by atoms with Gasteiger partial charge in [-0.15, -0.1) is 0 Å². The number of carbonyl (C=O) groups is 1. The standard InChI is InChI=1S/C15H16ClN3O3S/c1-11(15(20)18-13-6-4-8-17-10-13)19(23(2,21)22)14-7-3-5-12(16)9-14/h3-11H,1-2H3,(H,18,20)/t11-/m1/s1. The first-order valence-electron chi connectivity index (χ1n) is 6.75. The Balaban J connectivity index is 2.31. The molecule has 0 unspecified atom stereocenters. The summed E-state index contributed by atoms with van der Waals surface area (Å²) < 4.78 is 25.3. The number of hydrogen-bond acceptors (Lipinski definition) is 4. The molecule has 0 aliphatic carbocycles. The van der Waals surface area contributed by atoms with Gasteiger partial charge in [0, 0.05) is 11.2 Å². The predicted molar refractivity (Wildman–Crippen MR) is 91.1 cm³/mol. The Kier molecular flexibility index (Phi) is 5.23. The van der Waals surface area contributed by atoms with Gasteiger partial charge in [-0.05, 0) is 37.3 Å². The van der Waals surface area contributed by atoms with Gasteiger partial charge in [-0.25, -0.2) is 8.42 Å². The molecule has 0 aliphatic heterocycles. The molecule has 1 aromatic carbocycles. The number of carbonyl (C=O) groups excluding carboxylic acids is 1. The maximum Gasteiger partial charge on any atom is 0.248 e. The van der Waals surface area contributed by atoms with Gasteiger partial charge in [-0.3, -0.25) is 14.1 Å². The van der Waals surface area contributed by atoms with E-state index in [1.807, 2.05) is 0 Å². The van der Waals surface area contributed by atoms with Crippen molar-refractivity contribution >= 4 is 38.9 Å². The van der Waals surface area contributed by atoms with Crippen LogP contribution in [0.15, 0.2) is 48.8 Å². The van der Waals surface area contributed by atoms with Gasteiger partial charge in [0.15, 0.2) is 0 Å². The topological polar surface area (TPSA) is 79.4 Å². The number of nitrogens with zero attached hydrogens (tertiary/aromatic N) is 2. The highest BCUT2D eigenvalue weighted by Crippen LogP contribution is 2.24. The Morgan fingerprint density at radius 1 is 1.30 bits per heavy atom. The van der Waals surface area contributed by atoms with Crippen molar-refractivity contribution in [2.75, 3.05) is 15.9 Å². The molecule has 0 radical (unpaired) electrons. The molecule has 122 valence electrons. The molecular formula is C15H16ClN3O3S. The van der Waals surface area contributed by atoms with Gasteiger partial charge in [-0.1, -0.05) is 17.7 Å². The Bertz CT molecular complexity index is 797. The van der Waals surface area contributed by atoms with E-state index in [1.54, 1.807) is 36.5 Å². The van der Waals surface area contributed by atoms with Crippen molar-refractivity contribution in [2.45, 2.75) is 13.0 Å². The number of amides is 1. The SMILES string of the molecule is C[C@H](C(=O)Nc1cccnc1)N(c1cccc(Cl)c1)S(C)(=O)=O. The second-order valence-corrected chi connectivity index (χ2v) is 7.24. The van der Waals surface area contributed by atoms with E-state index in [0.717, 1.165) is 10.6 Å². The van der Waals surface area contributed by atoms with Gasteiger partial charge in [0.05, 0.1) is 23.8 Å². The number of sulfonamides is 1. The average Bonchev–Trinajstić information content (AvgIpc) is 2.47. The summed E-state index contributed by atoms with van der Waals surface area (Å²) in [5, 5.41) is 3.02. The third-order valence-corrected chi connectivity index (χ3v) is 4.56. The molecular weight excluding hydrogens is 338 g/mol. The summed E-state index contributed by atoms with van der Waals surface area (Å²) >= 11 is 5.92. The summed E-state index contributed by atoms with van der Waals surface area (Å²) in [6.45, 7) is 1.51. The number of hydrogen-bond donors (Lipinski definition) is 1. The maximum atomic E-state index is 12.4. The Hall–Kier alpha value is -2.12. The maximum absolute atomic E-state index is 12.4. The van der Waals surface area contributed by atoms with Gasteiger partial charge in [0.25, 0.3) is 0 Å². The number of rotatable bonds is 5. The van der Waals surface area contributed by atoms with Crippen LogP contribution >= 0.6 is 11.6 Å². The third-order valence-electron chi connectivity index (χ3n) is 3.08. The largest absolute Gasteiger partial charge is 0.323 e. The van der Waals surface area contributed by atoms with E-state index >= 15 is 0 Å². The number of aromatic nitrogens is 1. The van der Waals surface area contributed by atoms with Crippen LogP contribution in [0.25, 0.3) is 0 Å². The van der Waals surface area contributed by atoms with Crippen molar-refractivity contribution in [2.24, 2.45) is 0 Å². The Morgan fingerprint density at radius 2 is 2.04 bits per heavy atom. The molecule has 2 rings (SSSR count). The second kappa shape index (κ2) is 6.97. The van der Waals surface area contributed by atoms with Crippen LogP contribution in [0, 0.1) is 0 Å². The molecule has 6 nitrogen and oxygen atoms in total. The molecule has 23 heavy (non-hydrogen) atoms. The molecule has 1 atom stereocenters. The number of pyridine rings is 1. The molecule has 0 aliphatic rings. The molecule has 0 spiro atoms. The van der Waals surface area contributed by atoms with Crippen LogP contribution in [0.1, 0.15) is 6.92 Å². The zero-order valence-electron chi connectivity index (χ0n) is 12.6. The van der Waals surface area contributed by atoms with E-state index < -0.39 is 22.0 Å². The lowest BCUT2D eigenvalue weighted by atomic mass is 10.2. The fourth-order valence-electron chi connectivity index (χ4n) is 2.11. The van der Waals surface area contributed by atoms with Crippen molar-refractivity contribution < 1.29 is 13.2 Å². The number of nitrogens with one attached hydrogen (secondary N) is 1. The zero-order valence-corrected chi connectivity index (χ0v) is 14.2.